The Morgan fingerprint density at radius 2 is 1.82 bits per heavy atom. The summed E-state index contributed by atoms with van der Waals surface area (Å²) in [5.41, 5.74) is 1.30. The molecule has 0 bridgehead atoms. The minimum absolute atomic E-state index is 0.103. The van der Waals surface area contributed by atoms with E-state index < -0.39 is 10.0 Å². The van der Waals surface area contributed by atoms with Gasteiger partial charge in [0.25, 0.3) is 10.0 Å². The molecule has 0 unspecified atom stereocenters. The minimum atomic E-state index is -3.80. The summed E-state index contributed by atoms with van der Waals surface area (Å²) in [6.07, 6.45) is 0. The van der Waals surface area contributed by atoms with Crippen molar-refractivity contribution >= 4 is 37.4 Å². The second kappa shape index (κ2) is 7.21. The Bertz CT molecular complexity index is 1260. The molecule has 0 saturated heterocycles. The van der Waals surface area contributed by atoms with Crippen molar-refractivity contribution < 1.29 is 13.2 Å². The summed E-state index contributed by atoms with van der Waals surface area (Å²) in [4.78, 5) is 0.103. The first-order chi connectivity index (χ1) is 13.5. The maximum atomic E-state index is 12.6. The van der Waals surface area contributed by atoms with E-state index in [2.05, 4.69) is 35.9 Å². The number of ether oxygens (including phenoxy) is 1. The maximum Gasteiger partial charge on any atom is 0.263 e. The number of anilines is 1. The van der Waals surface area contributed by atoms with Crippen LogP contribution in [0.1, 0.15) is 0 Å². The Hall–Kier alpha value is -2.98. The van der Waals surface area contributed by atoms with Crippen LogP contribution in [0.3, 0.4) is 0 Å². The lowest BCUT2D eigenvalue weighted by molar-refractivity contribution is 0.414. The highest BCUT2D eigenvalue weighted by Gasteiger charge is 2.17. The lowest BCUT2D eigenvalue weighted by Gasteiger charge is -2.08. The summed E-state index contributed by atoms with van der Waals surface area (Å²) in [5, 5.41) is 12.6. The molecule has 1 N–H and O–H groups in total. The molecule has 2 aromatic heterocycles. The normalized spacial score (nSPS) is 11.5. The van der Waals surface area contributed by atoms with E-state index >= 15 is 0 Å². The highest BCUT2D eigenvalue weighted by atomic mass is 79.9. The van der Waals surface area contributed by atoms with Gasteiger partial charge in [0.1, 0.15) is 5.75 Å². The molecule has 8 nitrogen and oxygen atoms in total. The molecule has 0 aliphatic rings. The number of benzene rings is 2. The van der Waals surface area contributed by atoms with Crippen molar-refractivity contribution in [2.45, 2.75) is 4.90 Å². The van der Waals surface area contributed by atoms with Crippen LogP contribution in [-0.4, -0.2) is 35.3 Å². The fourth-order valence-corrected chi connectivity index (χ4v) is 4.00. The van der Waals surface area contributed by atoms with Crippen LogP contribution in [0.5, 0.6) is 5.75 Å². The Labute approximate surface area is 169 Å². The lowest BCUT2D eigenvalue weighted by atomic mass is 10.2. The van der Waals surface area contributed by atoms with Crippen LogP contribution in [0.4, 0.5) is 5.82 Å². The molecule has 10 heteroatoms. The molecule has 2 heterocycles. The Morgan fingerprint density at radius 1 is 1.04 bits per heavy atom. The third-order valence-electron chi connectivity index (χ3n) is 3.95. The van der Waals surface area contributed by atoms with Gasteiger partial charge in [-0.05, 0) is 48.5 Å². The Kier molecular flexibility index (Phi) is 4.73. The molecule has 0 amide bonds. The third kappa shape index (κ3) is 3.56. The number of aromatic nitrogens is 4. The van der Waals surface area contributed by atoms with E-state index in [9.17, 15) is 8.42 Å². The SMILES string of the molecule is COc1ccc(S(=O)(=O)Nc2ccc3nnc(-c4cccc(Br)c4)n3n2)cc1. The summed E-state index contributed by atoms with van der Waals surface area (Å²) in [5.74, 6) is 1.22. The largest absolute Gasteiger partial charge is 0.497 e. The number of halogens is 1. The lowest BCUT2D eigenvalue weighted by Crippen LogP contribution is -2.15. The van der Waals surface area contributed by atoms with Crippen molar-refractivity contribution in [2.75, 3.05) is 11.8 Å². The van der Waals surface area contributed by atoms with Gasteiger partial charge in [-0.2, -0.15) is 4.52 Å². The first-order valence-corrected chi connectivity index (χ1v) is 10.4. The van der Waals surface area contributed by atoms with Crippen LogP contribution < -0.4 is 9.46 Å². The molecule has 0 aliphatic carbocycles. The molecule has 28 heavy (non-hydrogen) atoms. The van der Waals surface area contributed by atoms with E-state index in [1.54, 1.807) is 18.2 Å². The summed E-state index contributed by atoms with van der Waals surface area (Å²) in [6, 6.07) is 16.8. The molecule has 0 spiro atoms. The predicted molar refractivity (Wildman–Crippen MR) is 108 cm³/mol. The zero-order valence-corrected chi connectivity index (χ0v) is 17.0. The van der Waals surface area contributed by atoms with Gasteiger partial charge in [0, 0.05) is 10.0 Å². The predicted octanol–water partition coefficient (Wildman–Crippen LogP) is 3.36. The molecule has 0 saturated carbocycles. The van der Waals surface area contributed by atoms with Crippen molar-refractivity contribution in [3.05, 3.63) is 65.1 Å². The van der Waals surface area contributed by atoms with E-state index in [1.165, 1.54) is 29.8 Å². The van der Waals surface area contributed by atoms with Crippen LogP contribution in [0.2, 0.25) is 0 Å². The number of rotatable bonds is 5. The van der Waals surface area contributed by atoms with Crippen LogP contribution in [0.25, 0.3) is 17.0 Å². The topological polar surface area (TPSA) is 98.5 Å². The smallest absolute Gasteiger partial charge is 0.263 e. The summed E-state index contributed by atoms with van der Waals surface area (Å²) >= 11 is 3.42. The molecular formula is C18H14BrN5O3S. The fraction of sp³-hybridized carbons (Fsp3) is 0.0556. The maximum absolute atomic E-state index is 12.6. The van der Waals surface area contributed by atoms with Crippen LogP contribution in [-0.2, 0) is 10.0 Å². The average Bonchev–Trinajstić information content (AvgIpc) is 3.11. The molecule has 142 valence electrons. The highest BCUT2D eigenvalue weighted by molar-refractivity contribution is 9.10. The molecule has 0 atom stereocenters. The van der Waals surface area contributed by atoms with E-state index in [0.29, 0.717) is 17.2 Å². The summed E-state index contributed by atoms with van der Waals surface area (Å²) in [6.45, 7) is 0. The van der Waals surface area contributed by atoms with Gasteiger partial charge in [0.15, 0.2) is 17.3 Å². The van der Waals surface area contributed by atoms with Gasteiger partial charge in [-0.15, -0.1) is 15.3 Å². The van der Waals surface area contributed by atoms with Gasteiger partial charge in [-0.1, -0.05) is 28.1 Å². The molecule has 0 radical (unpaired) electrons. The second-order valence-electron chi connectivity index (χ2n) is 5.80. The fourth-order valence-electron chi connectivity index (χ4n) is 2.60. The van der Waals surface area contributed by atoms with E-state index in [0.717, 1.165) is 10.0 Å². The van der Waals surface area contributed by atoms with Crippen molar-refractivity contribution in [3.8, 4) is 17.1 Å². The van der Waals surface area contributed by atoms with Crippen LogP contribution in [0, 0.1) is 0 Å². The molecule has 4 rings (SSSR count). The van der Waals surface area contributed by atoms with Gasteiger partial charge in [0.2, 0.25) is 0 Å². The van der Waals surface area contributed by atoms with E-state index in [1.807, 2.05) is 24.3 Å². The highest BCUT2D eigenvalue weighted by Crippen LogP contribution is 2.23. The molecule has 4 aromatic rings. The number of nitrogens with zero attached hydrogens (tertiary/aromatic N) is 4. The van der Waals surface area contributed by atoms with Crippen molar-refractivity contribution in [1.29, 1.82) is 0 Å². The number of nitrogens with one attached hydrogen (secondary N) is 1. The minimum Gasteiger partial charge on any atom is -0.497 e. The molecule has 0 aliphatic heterocycles. The van der Waals surface area contributed by atoms with Gasteiger partial charge >= 0.3 is 0 Å². The monoisotopic (exact) mass is 459 g/mol. The van der Waals surface area contributed by atoms with Crippen molar-refractivity contribution in [1.82, 2.24) is 19.8 Å². The van der Waals surface area contributed by atoms with Crippen LogP contribution in [0.15, 0.2) is 70.0 Å². The molecular weight excluding hydrogens is 446 g/mol. The Balaban J connectivity index is 1.70. The zero-order chi connectivity index (χ0) is 19.7. The van der Waals surface area contributed by atoms with Crippen molar-refractivity contribution in [3.63, 3.8) is 0 Å². The average molecular weight is 460 g/mol. The van der Waals surface area contributed by atoms with E-state index in [-0.39, 0.29) is 10.7 Å². The summed E-state index contributed by atoms with van der Waals surface area (Å²) < 4.78 is 35.2. The number of hydrogen-bond donors (Lipinski definition) is 1. The quantitative estimate of drug-likeness (QED) is 0.491. The number of methoxy groups -OCH3 is 1. The number of sulfonamides is 1. The first-order valence-electron chi connectivity index (χ1n) is 8.11. The second-order valence-corrected chi connectivity index (χ2v) is 8.40. The van der Waals surface area contributed by atoms with Gasteiger partial charge < -0.3 is 4.74 Å². The number of fused-ring (bicyclic) bond motifs is 1. The first kappa shape index (κ1) is 18.4. The Morgan fingerprint density at radius 3 is 2.54 bits per heavy atom. The van der Waals surface area contributed by atoms with Gasteiger partial charge in [0.05, 0.1) is 12.0 Å². The zero-order valence-electron chi connectivity index (χ0n) is 14.6. The van der Waals surface area contributed by atoms with Crippen LogP contribution >= 0.6 is 15.9 Å². The van der Waals surface area contributed by atoms with Gasteiger partial charge in [-0.25, -0.2) is 8.42 Å². The van der Waals surface area contributed by atoms with E-state index in [4.69, 9.17) is 4.74 Å². The number of hydrogen-bond acceptors (Lipinski definition) is 6. The summed E-state index contributed by atoms with van der Waals surface area (Å²) in [7, 11) is -2.29. The molecule has 2 aromatic carbocycles. The standard InChI is InChI=1S/C18H14BrN5O3S/c1-27-14-5-7-15(8-6-14)28(25,26)23-16-9-10-17-20-21-18(24(17)22-16)12-3-2-4-13(19)11-12/h2-11H,1H3,(H,22,23). The van der Waals surface area contributed by atoms with Crippen molar-refractivity contribution in [2.24, 2.45) is 0 Å². The third-order valence-corrected chi connectivity index (χ3v) is 5.82. The molecule has 0 fully saturated rings. The van der Waals surface area contributed by atoms with Gasteiger partial charge in [-0.3, -0.25) is 4.72 Å².